The number of hydrogen-bond donors (Lipinski definition) is 0. The molecule has 0 aromatic carbocycles. The van der Waals surface area contributed by atoms with Gasteiger partial charge >= 0.3 is 0 Å². The molecule has 0 N–H and O–H groups in total. The summed E-state index contributed by atoms with van der Waals surface area (Å²) in [7, 11) is 2.23. The van der Waals surface area contributed by atoms with Crippen molar-refractivity contribution in [1.82, 2.24) is 4.90 Å². The third kappa shape index (κ3) is 3.98. The summed E-state index contributed by atoms with van der Waals surface area (Å²) >= 11 is 2.36. The van der Waals surface area contributed by atoms with E-state index in [1.54, 1.807) is 0 Å². The zero-order valence-corrected chi connectivity index (χ0v) is 10.9. The van der Waals surface area contributed by atoms with Crippen molar-refractivity contribution in [2.45, 2.75) is 26.2 Å². The van der Waals surface area contributed by atoms with Crippen LogP contribution in [0.25, 0.3) is 0 Å². The van der Waals surface area contributed by atoms with Crippen LogP contribution in [0.5, 0.6) is 0 Å². The van der Waals surface area contributed by atoms with Gasteiger partial charge in [0.1, 0.15) is 0 Å². The molecule has 1 saturated heterocycles. The molecular formula is C11H20IN. The van der Waals surface area contributed by atoms with E-state index < -0.39 is 0 Å². The number of hydrogen-bond acceptors (Lipinski definition) is 1. The Bertz CT molecular complexity index is 179. The Labute approximate surface area is 95.7 Å². The van der Waals surface area contributed by atoms with Crippen molar-refractivity contribution < 1.29 is 0 Å². The maximum Gasteiger partial charge on any atom is 0.000683 e. The highest BCUT2D eigenvalue weighted by atomic mass is 127. The van der Waals surface area contributed by atoms with Crippen LogP contribution in [-0.4, -0.2) is 25.0 Å². The predicted molar refractivity (Wildman–Crippen MR) is 67.2 cm³/mol. The highest BCUT2D eigenvalue weighted by Gasteiger charge is 2.19. The molecule has 0 aliphatic carbocycles. The molecule has 1 heterocycles. The molecule has 0 radical (unpaired) electrons. The first-order valence-electron chi connectivity index (χ1n) is 5.12. The van der Waals surface area contributed by atoms with Gasteiger partial charge in [-0.3, -0.25) is 0 Å². The normalized spacial score (nSPS) is 27.2. The minimum Gasteiger partial charge on any atom is -0.306 e. The first-order chi connectivity index (χ1) is 6.09. The van der Waals surface area contributed by atoms with Gasteiger partial charge < -0.3 is 4.90 Å². The molecule has 2 heteroatoms. The van der Waals surface area contributed by atoms with Crippen LogP contribution in [-0.2, 0) is 0 Å². The number of allylic oxidation sites excluding steroid dienone is 1. The molecule has 0 bridgehead atoms. The Morgan fingerprint density at radius 2 is 2.38 bits per heavy atom. The zero-order valence-electron chi connectivity index (χ0n) is 8.72. The molecule has 1 rings (SSSR count). The second-order valence-electron chi connectivity index (χ2n) is 4.35. The van der Waals surface area contributed by atoms with Crippen molar-refractivity contribution in [2.24, 2.45) is 11.8 Å². The van der Waals surface area contributed by atoms with E-state index in [4.69, 9.17) is 0 Å². The third-order valence-corrected chi connectivity index (χ3v) is 4.01. The van der Waals surface area contributed by atoms with Crippen LogP contribution in [0.1, 0.15) is 26.2 Å². The quantitative estimate of drug-likeness (QED) is 0.722. The van der Waals surface area contributed by atoms with Crippen molar-refractivity contribution in [1.29, 1.82) is 0 Å². The van der Waals surface area contributed by atoms with Crippen LogP contribution < -0.4 is 0 Å². The average molecular weight is 293 g/mol. The molecule has 1 aliphatic rings. The summed E-state index contributed by atoms with van der Waals surface area (Å²) < 4.78 is 1.31. The lowest BCUT2D eigenvalue weighted by Crippen LogP contribution is -2.32. The number of piperidine rings is 1. The number of likely N-dealkylation sites (tertiary alicyclic amines) is 1. The molecule has 0 spiro atoms. The van der Waals surface area contributed by atoms with E-state index >= 15 is 0 Å². The smallest absolute Gasteiger partial charge is 0.000683 e. The minimum absolute atomic E-state index is 0.692. The molecule has 0 aromatic heterocycles. The Morgan fingerprint density at radius 3 is 2.92 bits per heavy atom. The Kier molecular flexibility index (Phi) is 4.73. The van der Waals surface area contributed by atoms with Gasteiger partial charge in [0.25, 0.3) is 0 Å². The van der Waals surface area contributed by atoms with Crippen LogP contribution in [0.2, 0.25) is 0 Å². The molecule has 1 nitrogen and oxygen atoms in total. The van der Waals surface area contributed by atoms with Gasteiger partial charge in [0.05, 0.1) is 0 Å². The first-order valence-corrected chi connectivity index (χ1v) is 6.20. The van der Waals surface area contributed by atoms with Crippen LogP contribution in [0.3, 0.4) is 0 Å². The summed E-state index contributed by atoms with van der Waals surface area (Å²) in [5.41, 5.74) is 0. The van der Waals surface area contributed by atoms with Crippen LogP contribution in [0.4, 0.5) is 0 Å². The highest BCUT2D eigenvalue weighted by molar-refractivity contribution is 14.1. The fourth-order valence-corrected chi connectivity index (χ4v) is 2.35. The van der Waals surface area contributed by atoms with E-state index in [-0.39, 0.29) is 0 Å². The molecule has 1 fully saturated rings. The Balaban J connectivity index is 2.31. The van der Waals surface area contributed by atoms with E-state index in [2.05, 4.69) is 48.0 Å². The van der Waals surface area contributed by atoms with Crippen molar-refractivity contribution in [3.8, 4) is 0 Å². The van der Waals surface area contributed by atoms with E-state index in [1.165, 1.54) is 35.9 Å². The lowest BCUT2D eigenvalue weighted by atomic mass is 9.89. The van der Waals surface area contributed by atoms with Crippen molar-refractivity contribution >= 4 is 22.6 Å². The van der Waals surface area contributed by atoms with E-state index in [1.807, 2.05) is 0 Å². The Morgan fingerprint density at radius 1 is 1.69 bits per heavy atom. The monoisotopic (exact) mass is 293 g/mol. The van der Waals surface area contributed by atoms with E-state index in [9.17, 15) is 0 Å². The zero-order chi connectivity index (χ0) is 9.84. The maximum atomic E-state index is 4.01. The maximum absolute atomic E-state index is 4.01. The molecule has 2 unspecified atom stereocenters. The summed E-state index contributed by atoms with van der Waals surface area (Å²) in [6, 6.07) is 0. The van der Waals surface area contributed by atoms with Gasteiger partial charge in [0, 0.05) is 6.54 Å². The second kappa shape index (κ2) is 5.35. The summed E-state index contributed by atoms with van der Waals surface area (Å²) in [6.45, 7) is 8.88. The van der Waals surface area contributed by atoms with Gasteiger partial charge in [-0.15, -0.1) is 0 Å². The lowest BCUT2D eigenvalue weighted by molar-refractivity contribution is 0.193. The van der Waals surface area contributed by atoms with Crippen LogP contribution in [0.15, 0.2) is 10.2 Å². The Hall–Kier alpha value is 0.430. The van der Waals surface area contributed by atoms with Gasteiger partial charge in [-0.05, 0) is 70.9 Å². The summed E-state index contributed by atoms with van der Waals surface area (Å²) in [5, 5.41) is 0. The van der Waals surface area contributed by atoms with Crippen molar-refractivity contribution in [2.75, 3.05) is 20.1 Å². The molecule has 2 atom stereocenters. The molecule has 1 aliphatic heterocycles. The van der Waals surface area contributed by atoms with E-state index in [0.29, 0.717) is 5.92 Å². The first kappa shape index (κ1) is 11.5. The molecule has 0 aromatic rings. The number of nitrogens with zero attached hydrogens (tertiary/aromatic N) is 1. The lowest BCUT2D eigenvalue weighted by Gasteiger charge is -2.31. The topological polar surface area (TPSA) is 3.24 Å². The molecule has 0 saturated carbocycles. The van der Waals surface area contributed by atoms with Crippen molar-refractivity contribution in [3.05, 3.63) is 10.2 Å². The van der Waals surface area contributed by atoms with Crippen molar-refractivity contribution in [3.63, 3.8) is 0 Å². The minimum atomic E-state index is 0.692. The van der Waals surface area contributed by atoms with Gasteiger partial charge in [-0.2, -0.15) is 0 Å². The predicted octanol–water partition coefficient (Wildman–Crippen LogP) is 3.30. The van der Waals surface area contributed by atoms with Gasteiger partial charge in [-0.1, -0.05) is 13.5 Å². The third-order valence-electron chi connectivity index (χ3n) is 2.94. The fourth-order valence-electron chi connectivity index (χ4n) is 2.09. The highest BCUT2D eigenvalue weighted by Crippen LogP contribution is 2.27. The molecule has 13 heavy (non-hydrogen) atoms. The summed E-state index contributed by atoms with van der Waals surface area (Å²) in [4.78, 5) is 2.46. The van der Waals surface area contributed by atoms with Gasteiger partial charge in [0.2, 0.25) is 0 Å². The number of halogens is 1. The summed E-state index contributed by atoms with van der Waals surface area (Å²) in [5.74, 6) is 1.59. The number of rotatable bonds is 3. The average Bonchev–Trinajstić information content (AvgIpc) is 2.04. The largest absolute Gasteiger partial charge is 0.306 e. The standard InChI is InChI=1S/C11H20IN/c1-9(10(2)12)7-11-5-4-6-13(3)8-11/h9,11H,2,4-8H2,1,3H3. The van der Waals surface area contributed by atoms with Gasteiger partial charge in [-0.25, -0.2) is 0 Å². The van der Waals surface area contributed by atoms with Crippen LogP contribution in [0, 0.1) is 11.8 Å². The van der Waals surface area contributed by atoms with Gasteiger partial charge in [0.15, 0.2) is 0 Å². The molecule has 76 valence electrons. The second-order valence-corrected chi connectivity index (χ2v) is 5.74. The van der Waals surface area contributed by atoms with E-state index in [0.717, 1.165) is 5.92 Å². The van der Waals surface area contributed by atoms with Crippen LogP contribution >= 0.6 is 22.6 Å². The summed E-state index contributed by atoms with van der Waals surface area (Å²) in [6.07, 6.45) is 4.12. The fraction of sp³-hybridized carbons (Fsp3) is 0.818. The molecular weight excluding hydrogens is 273 g/mol. The SMILES string of the molecule is C=C(I)C(C)CC1CCCN(C)C1. The molecule has 0 amide bonds.